The fourth-order valence-corrected chi connectivity index (χ4v) is 3.84. The second-order valence-corrected chi connectivity index (χ2v) is 6.91. The third kappa shape index (κ3) is 4.01. The lowest BCUT2D eigenvalue weighted by atomic mass is 9.88. The van der Waals surface area contributed by atoms with Gasteiger partial charge in [-0.05, 0) is 24.7 Å². The largest absolute Gasteiger partial charge is 0.353 e. The van der Waals surface area contributed by atoms with E-state index in [1.54, 1.807) is 0 Å². The number of carbonyl (C=O) groups excluding carboxylic acids is 1. The van der Waals surface area contributed by atoms with Crippen LogP contribution in [0.4, 0.5) is 0 Å². The summed E-state index contributed by atoms with van der Waals surface area (Å²) in [6, 6.07) is 11.4. The first kappa shape index (κ1) is 15.9. The van der Waals surface area contributed by atoms with Gasteiger partial charge in [0.15, 0.2) is 0 Å². The maximum Gasteiger partial charge on any atom is 0.241 e. The molecule has 0 radical (unpaired) electrons. The van der Waals surface area contributed by atoms with Gasteiger partial charge in [0.2, 0.25) is 5.91 Å². The van der Waals surface area contributed by atoms with E-state index in [-0.39, 0.29) is 10.7 Å². The summed E-state index contributed by atoms with van der Waals surface area (Å²) in [5.74, 6) is -0.892. The summed E-state index contributed by atoms with van der Waals surface area (Å²) in [5.41, 5.74) is 0.763. The highest BCUT2D eigenvalue weighted by atomic mass is 32.2. The molecule has 0 spiro atoms. The van der Waals surface area contributed by atoms with Crippen LogP contribution in [0.3, 0.4) is 0 Å². The number of hydrogen-bond donors (Lipinski definition) is 1. The molecule has 1 aliphatic carbocycles. The van der Waals surface area contributed by atoms with Gasteiger partial charge in [0.25, 0.3) is 0 Å². The van der Waals surface area contributed by atoms with Crippen LogP contribution >= 0.6 is 11.8 Å². The van der Waals surface area contributed by atoms with E-state index in [0.717, 1.165) is 18.4 Å². The molecule has 1 aromatic rings. The second-order valence-electron chi connectivity index (χ2n) is 5.64. The molecule has 0 aliphatic heterocycles. The standard InChI is InChI=1S/C17H22N2OS/c1-21-17(10-6-3-7-11-17)13-19-16(20)15(12-18)14-8-4-2-5-9-14/h2,4-5,8-9,15H,3,6-7,10-11,13H2,1H3,(H,19,20). The van der Waals surface area contributed by atoms with Gasteiger partial charge in [-0.3, -0.25) is 4.79 Å². The Balaban J connectivity index is 1.98. The van der Waals surface area contributed by atoms with E-state index in [1.165, 1.54) is 19.3 Å². The van der Waals surface area contributed by atoms with Crippen LogP contribution in [0, 0.1) is 11.3 Å². The molecule has 1 fully saturated rings. The monoisotopic (exact) mass is 302 g/mol. The van der Waals surface area contributed by atoms with Crippen molar-refractivity contribution in [2.75, 3.05) is 12.8 Å². The van der Waals surface area contributed by atoms with Crippen LogP contribution in [0.15, 0.2) is 30.3 Å². The molecule has 112 valence electrons. The number of benzene rings is 1. The van der Waals surface area contributed by atoms with E-state index >= 15 is 0 Å². The van der Waals surface area contributed by atoms with Gasteiger partial charge in [-0.2, -0.15) is 17.0 Å². The van der Waals surface area contributed by atoms with Crippen LogP contribution in [0.5, 0.6) is 0 Å². The van der Waals surface area contributed by atoms with E-state index < -0.39 is 5.92 Å². The summed E-state index contributed by atoms with van der Waals surface area (Å²) >= 11 is 1.85. The van der Waals surface area contributed by atoms with Crippen molar-refractivity contribution in [3.8, 4) is 6.07 Å². The van der Waals surface area contributed by atoms with Gasteiger partial charge in [0, 0.05) is 11.3 Å². The van der Waals surface area contributed by atoms with Crippen LogP contribution in [-0.4, -0.2) is 23.5 Å². The molecule has 1 saturated carbocycles. The van der Waals surface area contributed by atoms with Crippen molar-refractivity contribution in [3.05, 3.63) is 35.9 Å². The Hall–Kier alpha value is -1.47. The van der Waals surface area contributed by atoms with Gasteiger partial charge >= 0.3 is 0 Å². The van der Waals surface area contributed by atoms with Crippen LogP contribution in [-0.2, 0) is 4.79 Å². The predicted octanol–water partition coefficient (Wildman–Crippen LogP) is 3.48. The second kappa shape index (κ2) is 7.51. The van der Waals surface area contributed by atoms with Gasteiger partial charge in [0.1, 0.15) is 5.92 Å². The first-order valence-corrected chi connectivity index (χ1v) is 8.71. The topological polar surface area (TPSA) is 52.9 Å². The maximum atomic E-state index is 12.3. The zero-order valence-corrected chi connectivity index (χ0v) is 13.3. The van der Waals surface area contributed by atoms with Crippen molar-refractivity contribution in [3.63, 3.8) is 0 Å². The van der Waals surface area contributed by atoms with Gasteiger partial charge in [0.05, 0.1) is 6.07 Å². The van der Waals surface area contributed by atoms with E-state index in [2.05, 4.69) is 17.6 Å². The molecule has 4 heteroatoms. The van der Waals surface area contributed by atoms with Gasteiger partial charge in [-0.15, -0.1) is 0 Å². The minimum absolute atomic E-state index is 0.157. The number of hydrogen-bond acceptors (Lipinski definition) is 3. The fourth-order valence-electron chi connectivity index (χ4n) is 2.93. The molecule has 0 aromatic heterocycles. The number of thioether (sulfide) groups is 1. The lowest BCUT2D eigenvalue weighted by Gasteiger charge is -2.36. The third-order valence-corrected chi connectivity index (χ3v) is 5.73. The molecule has 0 bridgehead atoms. The molecule has 1 unspecified atom stereocenters. The average molecular weight is 302 g/mol. The molecule has 1 aromatic carbocycles. The summed E-state index contributed by atoms with van der Waals surface area (Å²) in [5, 5.41) is 12.3. The highest BCUT2D eigenvalue weighted by Gasteiger charge is 2.32. The Morgan fingerprint density at radius 2 is 2.00 bits per heavy atom. The first-order chi connectivity index (χ1) is 10.2. The Labute approximate surface area is 131 Å². The predicted molar refractivity (Wildman–Crippen MR) is 87.1 cm³/mol. The summed E-state index contributed by atoms with van der Waals surface area (Å²) in [7, 11) is 0. The molecule has 1 aliphatic rings. The van der Waals surface area contributed by atoms with E-state index in [4.69, 9.17) is 0 Å². The van der Waals surface area contributed by atoms with Gasteiger partial charge in [-0.25, -0.2) is 0 Å². The van der Waals surface area contributed by atoms with E-state index in [9.17, 15) is 10.1 Å². The molecule has 1 amide bonds. The highest BCUT2D eigenvalue weighted by Crippen LogP contribution is 2.38. The Bertz CT molecular complexity index is 503. The van der Waals surface area contributed by atoms with Crippen LogP contribution in [0.25, 0.3) is 0 Å². The SMILES string of the molecule is CSC1(CNC(=O)C(C#N)c2ccccc2)CCCCC1. The van der Waals surface area contributed by atoms with Crippen LogP contribution in [0.2, 0.25) is 0 Å². The fraction of sp³-hybridized carbons (Fsp3) is 0.529. The maximum absolute atomic E-state index is 12.3. The molecule has 1 N–H and O–H groups in total. The molecule has 21 heavy (non-hydrogen) atoms. The molecule has 2 rings (SSSR count). The van der Waals surface area contributed by atoms with Gasteiger partial charge in [-0.1, -0.05) is 49.6 Å². The number of carbonyl (C=O) groups is 1. The Morgan fingerprint density at radius 1 is 1.33 bits per heavy atom. The van der Waals surface area contributed by atoms with Crippen molar-refractivity contribution in [2.24, 2.45) is 0 Å². The normalized spacial score (nSPS) is 18.5. The first-order valence-electron chi connectivity index (χ1n) is 7.48. The molecule has 3 nitrogen and oxygen atoms in total. The summed E-state index contributed by atoms with van der Waals surface area (Å²) in [4.78, 5) is 12.3. The summed E-state index contributed by atoms with van der Waals surface area (Å²) < 4.78 is 0.157. The van der Waals surface area contributed by atoms with Crippen molar-refractivity contribution < 1.29 is 4.79 Å². The zero-order valence-electron chi connectivity index (χ0n) is 12.5. The van der Waals surface area contributed by atoms with Crippen molar-refractivity contribution in [1.29, 1.82) is 5.26 Å². The zero-order chi connectivity index (χ0) is 15.1. The molecule has 0 heterocycles. The molecule has 1 atom stereocenters. The third-order valence-electron chi connectivity index (χ3n) is 4.31. The Morgan fingerprint density at radius 3 is 2.57 bits per heavy atom. The lowest BCUT2D eigenvalue weighted by molar-refractivity contribution is -0.121. The van der Waals surface area contributed by atoms with E-state index in [0.29, 0.717) is 6.54 Å². The quantitative estimate of drug-likeness (QED) is 0.906. The summed E-state index contributed by atoms with van der Waals surface area (Å²) in [6.45, 7) is 0.665. The minimum Gasteiger partial charge on any atom is -0.353 e. The van der Waals surface area contributed by atoms with E-state index in [1.807, 2.05) is 42.1 Å². The number of nitriles is 1. The Kier molecular flexibility index (Phi) is 5.69. The molecular formula is C17H22N2OS. The van der Waals surface area contributed by atoms with Crippen molar-refractivity contribution >= 4 is 17.7 Å². The highest BCUT2D eigenvalue weighted by molar-refractivity contribution is 8.00. The number of nitrogens with zero attached hydrogens (tertiary/aromatic N) is 1. The number of rotatable bonds is 5. The molecular weight excluding hydrogens is 280 g/mol. The lowest BCUT2D eigenvalue weighted by Crippen LogP contribution is -2.43. The van der Waals surface area contributed by atoms with Gasteiger partial charge < -0.3 is 5.32 Å². The van der Waals surface area contributed by atoms with Crippen LogP contribution in [0.1, 0.15) is 43.6 Å². The van der Waals surface area contributed by atoms with Crippen molar-refractivity contribution in [2.45, 2.75) is 42.8 Å². The number of nitrogens with one attached hydrogen (secondary N) is 1. The smallest absolute Gasteiger partial charge is 0.241 e. The minimum atomic E-state index is -0.714. The van der Waals surface area contributed by atoms with Crippen molar-refractivity contribution in [1.82, 2.24) is 5.32 Å². The van der Waals surface area contributed by atoms with Crippen LogP contribution < -0.4 is 5.32 Å². The molecule has 0 saturated heterocycles. The number of amides is 1. The average Bonchev–Trinajstić information content (AvgIpc) is 2.55. The summed E-state index contributed by atoms with van der Waals surface area (Å²) in [6.07, 6.45) is 8.18.